The average Bonchev–Trinajstić information content (AvgIpc) is 2.40. The SMILES string of the molecule is CC(C)C(F)(F)/C=C/C12CCC1COC2. The normalized spacial score (nSPS) is 35.9. The van der Waals surface area contributed by atoms with Crippen LogP contribution in [0.25, 0.3) is 0 Å². The van der Waals surface area contributed by atoms with Gasteiger partial charge < -0.3 is 4.74 Å². The minimum absolute atomic E-state index is 0.0572. The Labute approximate surface area is 89.5 Å². The summed E-state index contributed by atoms with van der Waals surface area (Å²) in [5, 5.41) is 0. The van der Waals surface area contributed by atoms with Gasteiger partial charge in [0, 0.05) is 11.3 Å². The van der Waals surface area contributed by atoms with Crippen molar-refractivity contribution in [2.45, 2.75) is 32.6 Å². The summed E-state index contributed by atoms with van der Waals surface area (Å²) in [6, 6.07) is 0. The Hall–Kier alpha value is -0.440. The van der Waals surface area contributed by atoms with Gasteiger partial charge in [0.2, 0.25) is 0 Å². The van der Waals surface area contributed by atoms with Crippen molar-refractivity contribution in [3.05, 3.63) is 12.2 Å². The Balaban J connectivity index is 2.05. The van der Waals surface area contributed by atoms with Gasteiger partial charge in [-0.05, 0) is 24.8 Å². The van der Waals surface area contributed by atoms with E-state index in [-0.39, 0.29) is 5.41 Å². The first kappa shape index (κ1) is 11.1. The van der Waals surface area contributed by atoms with Crippen molar-refractivity contribution in [2.75, 3.05) is 13.2 Å². The minimum atomic E-state index is -2.68. The van der Waals surface area contributed by atoms with Crippen LogP contribution in [0.15, 0.2) is 12.2 Å². The second-order valence-electron chi connectivity index (χ2n) is 5.15. The number of hydrogen-bond donors (Lipinski definition) is 0. The van der Waals surface area contributed by atoms with E-state index in [2.05, 4.69) is 0 Å². The zero-order valence-corrected chi connectivity index (χ0v) is 9.30. The van der Waals surface area contributed by atoms with Crippen LogP contribution in [0, 0.1) is 17.3 Å². The second kappa shape index (κ2) is 3.55. The van der Waals surface area contributed by atoms with Gasteiger partial charge in [-0.1, -0.05) is 19.9 Å². The van der Waals surface area contributed by atoms with Crippen LogP contribution in [-0.2, 0) is 4.74 Å². The molecule has 2 unspecified atom stereocenters. The standard InChI is InChI=1S/C12H18F2O/c1-9(2)12(13,14)6-5-11-4-3-10(11)7-15-8-11/h5-6,9-10H,3-4,7-8H2,1-2H3/b6-5+. The van der Waals surface area contributed by atoms with Crippen LogP contribution in [0.5, 0.6) is 0 Å². The van der Waals surface area contributed by atoms with E-state index >= 15 is 0 Å². The molecule has 1 nitrogen and oxygen atoms in total. The molecule has 0 amide bonds. The number of hydrogen-bond acceptors (Lipinski definition) is 1. The van der Waals surface area contributed by atoms with Crippen LogP contribution in [0.4, 0.5) is 8.78 Å². The molecule has 1 saturated heterocycles. The van der Waals surface area contributed by atoms with Crippen LogP contribution in [0.1, 0.15) is 26.7 Å². The fraction of sp³-hybridized carbons (Fsp3) is 0.833. The molecular formula is C12H18F2O. The maximum absolute atomic E-state index is 13.4. The molecular weight excluding hydrogens is 198 g/mol. The molecule has 0 bridgehead atoms. The van der Waals surface area contributed by atoms with Crippen LogP contribution in [0.2, 0.25) is 0 Å². The number of fused-ring (bicyclic) bond motifs is 1. The van der Waals surface area contributed by atoms with E-state index in [4.69, 9.17) is 4.74 Å². The number of halogens is 2. The molecule has 86 valence electrons. The predicted molar refractivity (Wildman–Crippen MR) is 54.9 cm³/mol. The molecule has 0 aromatic carbocycles. The monoisotopic (exact) mass is 216 g/mol. The van der Waals surface area contributed by atoms with Gasteiger partial charge >= 0.3 is 0 Å². The average molecular weight is 216 g/mol. The fourth-order valence-corrected chi connectivity index (χ4v) is 2.29. The summed E-state index contributed by atoms with van der Waals surface area (Å²) < 4.78 is 32.2. The van der Waals surface area contributed by atoms with Gasteiger partial charge in [0.15, 0.2) is 0 Å². The van der Waals surface area contributed by atoms with E-state index < -0.39 is 11.8 Å². The highest BCUT2D eigenvalue weighted by molar-refractivity contribution is 5.14. The highest BCUT2D eigenvalue weighted by Crippen LogP contribution is 2.52. The van der Waals surface area contributed by atoms with Crippen molar-refractivity contribution < 1.29 is 13.5 Å². The number of allylic oxidation sites excluding steroid dienone is 1. The largest absolute Gasteiger partial charge is 0.380 e. The smallest absolute Gasteiger partial charge is 0.268 e. The van der Waals surface area contributed by atoms with E-state index in [1.54, 1.807) is 19.9 Å². The van der Waals surface area contributed by atoms with Crippen molar-refractivity contribution in [3.8, 4) is 0 Å². The minimum Gasteiger partial charge on any atom is -0.380 e. The molecule has 0 aromatic rings. The topological polar surface area (TPSA) is 9.23 Å². The molecule has 2 rings (SSSR count). The summed E-state index contributed by atoms with van der Waals surface area (Å²) in [4.78, 5) is 0. The highest BCUT2D eigenvalue weighted by Gasteiger charge is 2.49. The summed E-state index contributed by atoms with van der Waals surface area (Å²) in [6.45, 7) is 4.47. The number of ether oxygens (including phenoxy) is 1. The van der Waals surface area contributed by atoms with Gasteiger partial charge in [-0.15, -0.1) is 0 Å². The Morgan fingerprint density at radius 1 is 1.47 bits per heavy atom. The maximum Gasteiger partial charge on any atom is 0.268 e. The third kappa shape index (κ3) is 1.82. The first-order chi connectivity index (χ1) is 6.96. The second-order valence-corrected chi connectivity index (χ2v) is 5.15. The maximum atomic E-state index is 13.4. The lowest BCUT2D eigenvalue weighted by molar-refractivity contribution is 0.00370. The van der Waals surface area contributed by atoms with Crippen molar-refractivity contribution >= 4 is 0 Å². The molecule has 0 N–H and O–H groups in total. The van der Waals surface area contributed by atoms with Crippen molar-refractivity contribution in [2.24, 2.45) is 17.3 Å². The first-order valence-corrected chi connectivity index (χ1v) is 5.62. The molecule has 2 aliphatic rings. The molecule has 3 heteroatoms. The number of alkyl halides is 2. The molecule has 2 atom stereocenters. The third-order valence-electron chi connectivity index (χ3n) is 3.87. The van der Waals surface area contributed by atoms with E-state index in [9.17, 15) is 8.78 Å². The van der Waals surface area contributed by atoms with Crippen LogP contribution >= 0.6 is 0 Å². The van der Waals surface area contributed by atoms with Gasteiger partial charge in [0.25, 0.3) is 5.92 Å². The van der Waals surface area contributed by atoms with E-state index in [0.717, 1.165) is 25.5 Å². The molecule has 1 aliphatic heterocycles. The third-order valence-corrected chi connectivity index (χ3v) is 3.87. The van der Waals surface area contributed by atoms with Crippen molar-refractivity contribution in [3.63, 3.8) is 0 Å². The highest BCUT2D eigenvalue weighted by atomic mass is 19.3. The summed E-state index contributed by atoms with van der Waals surface area (Å²) in [5.41, 5.74) is -0.0572. The van der Waals surface area contributed by atoms with Gasteiger partial charge in [-0.25, -0.2) is 8.78 Å². The van der Waals surface area contributed by atoms with E-state index in [0.29, 0.717) is 12.5 Å². The van der Waals surface area contributed by atoms with Gasteiger partial charge in [0.05, 0.1) is 13.2 Å². The summed E-state index contributed by atoms with van der Waals surface area (Å²) in [7, 11) is 0. The van der Waals surface area contributed by atoms with Crippen LogP contribution in [-0.4, -0.2) is 19.1 Å². The molecule has 1 saturated carbocycles. The van der Waals surface area contributed by atoms with Crippen LogP contribution in [0.3, 0.4) is 0 Å². The summed E-state index contributed by atoms with van der Waals surface area (Å²) >= 11 is 0. The zero-order chi connectivity index (χ0) is 11.1. The predicted octanol–water partition coefficient (Wildman–Crippen LogP) is 3.26. The lowest BCUT2D eigenvalue weighted by atomic mass is 9.62. The number of rotatable bonds is 3. The molecule has 1 aliphatic carbocycles. The van der Waals surface area contributed by atoms with E-state index in [1.165, 1.54) is 0 Å². The molecule has 0 aromatic heterocycles. The zero-order valence-electron chi connectivity index (χ0n) is 9.30. The van der Waals surface area contributed by atoms with Gasteiger partial charge in [-0.2, -0.15) is 0 Å². The molecule has 0 radical (unpaired) electrons. The Morgan fingerprint density at radius 2 is 2.20 bits per heavy atom. The first-order valence-electron chi connectivity index (χ1n) is 5.62. The summed E-state index contributed by atoms with van der Waals surface area (Å²) in [5.74, 6) is -2.83. The quantitative estimate of drug-likeness (QED) is 0.658. The Bertz CT molecular complexity index is 273. The van der Waals surface area contributed by atoms with Crippen molar-refractivity contribution in [1.82, 2.24) is 0 Å². The van der Waals surface area contributed by atoms with Crippen LogP contribution < -0.4 is 0 Å². The molecule has 1 heterocycles. The lowest BCUT2D eigenvalue weighted by Crippen LogP contribution is -2.37. The van der Waals surface area contributed by atoms with E-state index in [1.807, 2.05) is 0 Å². The van der Waals surface area contributed by atoms with Crippen molar-refractivity contribution in [1.29, 1.82) is 0 Å². The van der Waals surface area contributed by atoms with Gasteiger partial charge in [-0.3, -0.25) is 0 Å². The molecule has 15 heavy (non-hydrogen) atoms. The summed E-state index contributed by atoms with van der Waals surface area (Å²) in [6.07, 6.45) is 4.94. The molecule has 2 fully saturated rings. The molecule has 0 spiro atoms. The fourth-order valence-electron chi connectivity index (χ4n) is 2.29. The lowest BCUT2D eigenvalue weighted by Gasteiger charge is -2.41. The Kier molecular flexibility index (Phi) is 2.61. The van der Waals surface area contributed by atoms with Gasteiger partial charge in [0.1, 0.15) is 0 Å². The Morgan fingerprint density at radius 3 is 2.67 bits per heavy atom.